The van der Waals surface area contributed by atoms with Crippen molar-refractivity contribution in [2.75, 3.05) is 26.8 Å². The Hall–Kier alpha value is -1.30. The van der Waals surface area contributed by atoms with Crippen molar-refractivity contribution >= 4 is 17.6 Å². The molecule has 6 heteroatoms. The Labute approximate surface area is 117 Å². The first-order valence-electron chi connectivity index (χ1n) is 5.96. The van der Waals surface area contributed by atoms with Gasteiger partial charge in [-0.3, -0.25) is 4.79 Å². The Kier molecular flexibility index (Phi) is 7.25. The molecule has 106 valence electrons. The van der Waals surface area contributed by atoms with Gasteiger partial charge in [-0.05, 0) is 12.1 Å². The Morgan fingerprint density at radius 3 is 2.89 bits per heavy atom. The number of rotatable bonds is 8. The molecule has 0 aliphatic rings. The fourth-order valence-corrected chi connectivity index (χ4v) is 1.56. The Balaban J connectivity index is 2.16. The van der Waals surface area contributed by atoms with E-state index in [1.807, 2.05) is 6.07 Å². The molecule has 2 N–H and O–H groups in total. The summed E-state index contributed by atoms with van der Waals surface area (Å²) in [6.45, 7) is 0.923. The number of benzene rings is 1. The number of hydrogen-bond acceptors (Lipinski definition) is 5. The van der Waals surface area contributed by atoms with Gasteiger partial charge in [0.05, 0.1) is 18.6 Å². The largest absolute Gasteiger partial charge is 0.489 e. The topological polar surface area (TPSA) is 67.8 Å². The van der Waals surface area contributed by atoms with Gasteiger partial charge in [0.1, 0.15) is 18.5 Å². The molecule has 0 radical (unpaired) electrons. The third kappa shape index (κ3) is 6.42. The van der Waals surface area contributed by atoms with Gasteiger partial charge in [0, 0.05) is 13.1 Å². The van der Waals surface area contributed by atoms with E-state index in [2.05, 4.69) is 10.1 Å². The van der Waals surface area contributed by atoms with Crippen LogP contribution in [0.4, 0.5) is 0 Å². The van der Waals surface area contributed by atoms with Gasteiger partial charge < -0.3 is 19.9 Å². The maximum atomic E-state index is 10.8. The molecule has 1 aromatic carbocycles. The second-order valence-corrected chi connectivity index (χ2v) is 4.33. The smallest absolute Gasteiger partial charge is 0.306 e. The third-order valence-corrected chi connectivity index (χ3v) is 2.69. The molecule has 0 spiro atoms. The van der Waals surface area contributed by atoms with Crippen LogP contribution in [-0.4, -0.2) is 44.0 Å². The second kappa shape index (κ2) is 8.74. The molecule has 0 bridgehead atoms. The molecule has 0 saturated heterocycles. The normalized spacial score (nSPS) is 11.9. The van der Waals surface area contributed by atoms with Crippen molar-refractivity contribution in [1.29, 1.82) is 0 Å². The van der Waals surface area contributed by atoms with Gasteiger partial charge in [0.25, 0.3) is 0 Å². The molecule has 1 unspecified atom stereocenters. The quantitative estimate of drug-likeness (QED) is 0.556. The summed E-state index contributed by atoms with van der Waals surface area (Å²) in [5.41, 5.74) is 0. The lowest BCUT2D eigenvalue weighted by Crippen LogP contribution is -2.32. The highest BCUT2D eigenvalue weighted by Crippen LogP contribution is 2.22. The summed E-state index contributed by atoms with van der Waals surface area (Å²) in [5, 5.41) is 13.1. The molecule has 0 saturated carbocycles. The Bertz CT molecular complexity index is 400. The molecule has 1 aromatic rings. The van der Waals surface area contributed by atoms with Crippen LogP contribution < -0.4 is 10.1 Å². The maximum Gasteiger partial charge on any atom is 0.306 e. The molecule has 0 aliphatic heterocycles. The fourth-order valence-electron chi connectivity index (χ4n) is 1.37. The van der Waals surface area contributed by atoms with Crippen molar-refractivity contribution in [3.05, 3.63) is 29.3 Å². The van der Waals surface area contributed by atoms with Gasteiger partial charge in [-0.2, -0.15) is 0 Å². The number of para-hydroxylation sites is 1. The van der Waals surface area contributed by atoms with E-state index in [1.54, 1.807) is 18.2 Å². The van der Waals surface area contributed by atoms with Crippen LogP contribution in [0.5, 0.6) is 5.75 Å². The SMILES string of the molecule is COC(=O)CCNCC(O)COc1ccccc1Cl. The number of halogens is 1. The van der Waals surface area contributed by atoms with Crippen LogP contribution in [0, 0.1) is 0 Å². The minimum Gasteiger partial charge on any atom is -0.489 e. The van der Waals surface area contributed by atoms with Crippen molar-refractivity contribution in [3.8, 4) is 5.75 Å². The minimum atomic E-state index is -0.672. The summed E-state index contributed by atoms with van der Waals surface area (Å²) < 4.78 is 9.88. The predicted molar refractivity (Wildman–Crippen MR) is 72.5 cm³/mol. The fraction of sp³-hybridized carbons (Fsp3) is 0.462. The van der Waals surface area contributed by atoms with E-state index < -0.39 is 6.10 Å². The number of aliphatic hydroxyl groups is 1. The molecular formula is C13H18ClNO4. The number of carbonyl (C=O) groups is 1. The summed E-state index contributed by atoms with van der Waals surface area (Å²) in [4.78, 5) is 10.8. The van der Waals surface area contributed by atoms with Gasteiger partial charge in [-0.15, -0.1) is 0 Å². The van der Waals surface area contributed by atoms with E-state index in [1.165, 1.54) is 7.11 Å². The maximum absolute atomic E-state index is 10.8. The van der Waals surface area contributed by atoms with Gasteiger partial charge in [-0.25, -0.2) is 0 Å². The highest BCUT2D eigenvalue weighted by atomic mass is 35.5. The molecule has 1 rings (SSSR count). The minimum absolute atomic E-state index is 0.134. The first-order valence-corrected chi connectivity index (χ1v) is 6.34. The summed E-state index contributed by atoms with van der Waals surface area (Å²) in [5.74, 6) is 0.257. The van der Waals surface area contributed by atoms with Crippen LogP contribution in [-0.2, 0) is 9.53 Å². The zero-order valence-electron chi connectivity index (χ0n) is 10.8. The summed E-state index contributed by atoms with van der Waals surface area (Å²) in [6, 6.07) is 7.07. The Morgan fingerprint density at radius 2 is 2.21 bits per heavy atom. The first-order chi connectivity index (χ1) is 9.13. The van der Waals surface area contributed by atoms with Crippen molar-refractivity contribution < 1.29 is 19.4 Å². The van der Waals surface area contributed by atoms with Crippen LogP contribution in [0.1, 0.15) is 6.42 Å². The number of nitrogens with one attached hydrogen (secondary N) is 1. The Morgan fingerprint density at radius 1 is 1.47 bits per heavy atom. The van der Waals surface area contributed by atoms with Crippen molar-refractivity contribution in [3.63, 3.8) is 0 Å². The summed E-state index contributed by atoms with van der Waals surface area (Å²) in [6.07, 6.45) is -0.400. The molecule has 0 aliphatic carbocycles. The number of ether oxygens (including phenoxy) is 2. The van der Waals surface area contributed by atoms with E-state index in [0.29, 0.717) is 23.9 Å². The van der Waals surface area contributed by atoms with Crippen LogP contribution in [0.2, 0.25) is 5.02 Å². The summed E-state index contributed by atoms with van der Waals surface area (Å²) in [7, 11) is 1.34. The zero-order chi connectivity index (χ0) is 14.1. The molecule has 0 fully saturated rings. The highest BCUT2D eigenvalue weighted by Gasteiger charge is 2.07. The van der Waals surface area contributed by atoms with Crippen molar-refractivity contribution in [2.45, 2.75) is 12.5 Å². The van der Waals surface area contributed by atoms with E-state index in [-0.39, 0.29) is 19.0 Å². The number of methoxy groups -OCH3 is 1. The lowest BCUT2D eigenvalue weighted by Gasteiger charge is -2.13. The number of aliphatic hydroxyl groups excluding tert-OH is 1. The van der Waals surface area contributed by atoms with Crippen LogP contribution in [0.15, 0.2) is 24.3 Å². The van der Waals surface area contributed by atoms with Crippen LogP contribution in [0.3, 0.4) is 0 Å². The molecule has 0 heterocycles. The number of hydrogen-bond donors (Lipinski definition) is 2. The molecule has 0 aromatic heterocycles. The highest BCUT2D eigenvalue weighted by molar-refractivity contribution is 6.32. The predicted octanol–water partition coefficient (Wildman–Crippen LogP) is 1.23. The molecule has 0 amide bonds. The second-order valence-electron chi connectivity index (χ2n) is 3.93. The van der Waals surface area contributed by atoms with Crippen molar-refractivity contribution in [2.24, 2.45) is 0 Å². The average molecular weight is 288 g/mol. The van der Waals surface area contributed by atoms with E-state index >= 15 is 0 Å². The van der Waals surface area contributed by atoms with E-state index in [0.717, 1.165) is 0 Å². The molecule has 1 atom stereocenters. The van der Waals surface area contributed by atoms with Crippen LogP contribution >= 0.6 is 11.6 Å². The van der Waals surface area contributed by atoms with Gasteiger partial charge in [0.15, 0.2) is 0 Å². The average Bonchev–Trinajstić information content (AvgIpc) is 2.42. The molecule has 19 heavy (non-hydrogen) atoms. The van der Waals surface area contributed by atoms with Gasteiger partial charge >= 0.3 is 5.97 Å². The zero-order valence-corrected chi connectivity index (χ0v) is 11.5. The summed E-state index contributed by atoms with van der Waals surface area (Å²) >= 11 is 5.91. The lowest BCUT2D eigenvalue weighted by atomic mass is 10.3. The monoisotopic (exact) mass is 287 g/mol. The van der Waals surface area contributed by atoms with E-state index in [4.69, 9.17) is 16.3 Å². The van der Waals surface area contributed by atoms with Crippen molar-refractivity contribution in [1.82, 2.24) is 5.32 Å². The first kappa shape index (κ1) is 15.8. The van der Waals surface area contributed by atoms with Gasteiger partial charge in [0.2, 0.25) is 0 Å². The third-order valence-electron chi connectivity index (χ3n) is 2.38. The van der Waals surface area contributed by atoms with Crippen LogP contribution in [0.25, 0.3) is 0 Å². The lowest BCUT2D eigenvalue weighted by molar-refractivity contribution is -0.140. The standard InChI is InChI=1S/C13H18ClNO4/c1-18-13(17)6-7-15-8-10(16)9-19-12-5-3-2-4-11(12)14/h2-5,10,15-16H,6-9H2,1H3. The molecule has 5 nitrogen and oxygen atoms in total. The number of carbonyl (C=O) groups excluding carboxylic acids is 1. The van der Waals surface area contributed by atoms with E-state index in [9.17, 15) is 9.90 Å². The number of esters is 1. The van der Waals surface area contributed by atoms with Gasteiger partial charge in [-0.1, -0.05) is 23.7 Å². The molecular weight excluding hydrogens is 270 g/mol.